The van der Waals surface area contributed by atoms with Gasteiger partial charge in [-0.15, -0.1) is 0 Å². The maximum absolute atomic E-state index is 13.8. The maximum Gasteiger partial charge on any atom is 0.234 e. The largest absolute Gasteiger partial charge is 0.497 e. The molecule has 0 radical (unpaired) electrons. The van der Waals surface area contributed by atoms with Gasteiger partial charge in [0.15, 0.2) is 11.6 Å². The minimum absolute atomic E-state index is 0.0952. The summed E-state index contributed by atoms with van der Waals surface area (Å²) in [5, 5.41) is 5.74. The zero-order chi connectivity index (χ0) is 30.1. The van der Waals surface area contributed by atoms with Crippen molar-refractivity contribution in [2.75, 3.05) is 59.8 Å². The van der Waals surface area contributed by atoms with Crippen LogP contribution in [0.1, 0.15) is 38.7 Å². The third-order valence-electron chi connectivity index (χ3n) is 8.05. The van der Waals surface area contributed by atoms with Crippen LogP contribution in [0.3, 0.4) is 0 Å². The predicted octanol–water partition coefficient (Wildman–Crippen LogP) is 1.23. The Hall–Kier alpha value is -3.12. The molecule has 0 spiro atoms. The van der Waals surface area contributed by atoms with E-state index in [1.54, 1.807) is 33.1 Å². The number of methoxy groups -OCH3 is 1. The van der Waals surface area contributed by atoms with E-state index in [4.69, 9.17) is 18.9 Å². The number of epoxide rings is 1. The average molecular weight is 586 g/mol. The average Bonchev–Trinajstić information content (AvgIpc) is 3.75. The SMILES string of the molecule is COc1ccc(C[C@H](CC(=O)[C@H](C)NC(=O)CN2CCOCC2)C(=O)N[C@@H](CC2=CCOCC2)C(=O)[C@@]2(C)CO2)cc1. The van der Waals surface area contributed by atoms with Crippen LogP contribution in [0.2, 0.25) is 0 Å². The number of rotatable bonds is 15. The lowest BCUT2D eigenvalue weighted by Crippen LogP contribution is -2.50. The molecule has 11 heteroatoms. The van der Waals surface area contributed by atoms with E-state index >= 15 is 0 Å². The van der Waals surface area contributed by atoms with Crippen LogP contribution in [0.25, 0.3) is 0 Å². The minimum Gasteiger partial charge on any atom is -0.497 e. The van der Waals surface area contributed by atoms with Crippen molar-refractivity contribution in [3.63, 3.8) is 0 Å². The number of nitrogens with zero attached hydrogens (tertiary/aromatic N) is 1. The van der Waals surface area contributed by atoms with Gasteiger partial charge in [-0.2, -0.15) is 0 Å². The molecule has 3 aliphatic heterocycles. The van der Waals surface area contributed by atoms with Crippen molar-refractivity contribution >= 4 is 23.4 Å². The van der Waals surface area contributed by atoms with Crippen LogP contribution in [0, 0.1) is 5.92 Å². The highest BCUT2D eigenvalue weighted by atomic mass is 16.6. The number of carbonyl (C=O) groups excluding carboxylic acids is 4. The molecule has 4 rings (SSSR count). The summed E-state index contributed by atoms with van der Waals surface area (Å²) in [6.45, 7) is 7.37. The monoisotopic (exact) mass is 585 g/mol. The van der Waals surface area contributed by atoms with Gasteiger partial charge in [0.2, 0.25) is 11.8 Å². The number of carbonyl (C=O) groups is 4. The number of hydrogen-bond donors (Lipinski definition) is 2. The van der Waals surface area contributed by atoms with E-state index < -0.39 is 23.6 Å². The van der Waals surface area contributed by atoms with Gasteiger partial charge in [0.1, 0.15) is 11.4 Å². The number of morpholine rings is 1. The van der Waals surface area contributed by atoms with E-state index in [1.165, 1.54) is 0 Å². The summed E-state index contributed by atoms with van der Waals surface area (Å²) in [5.74, 6) is -1.15. The van der Waals surface area contributed by atoms with Crippen molar-refractivity contribution in [2.24, 2.45) is 5.92 Å². The first-order valence-corrected chi connectivity index (χ1v) is 14.7. The zero-order valence-corrected chi connectivity index (χ0v) is 24.8. The Balaban J connectivity index is 1.45. The van der Waals surface area contributed by atoms with Gasteiger partial charge in [-0.3, -0.25) is 24.1 Å². The molecule has 0 aromatic heterocycles. The van der Waals surface area contributed by atoms with Crippen molar-refractivity contribution in [3.8, 4) is 5.75 Å². The lowest BCUT2D eigenvalue weighted by molar-refractivity contribution is -0.134. The summed E-state index contributed by atoms with van der Waals surface area (Å²) in [6, 6.07) is 5.75. The molecule has 1 aromatic rings. The fraction of sp³-hybridized carbons (Fsp3) is 0.613. The topological polar surface area (TPSA) is 136 Å². The summed E-state index contributed by atoms with van der Waals surface area (Å²) < 4.78 is 21.4. The normalized spacial score (nSPS) is 22.7. The first-order valence-electron chi connectivity index (χ1n) is 14.7. The number of hydrogen-bond acceptors (Lipinski definition) is 9. The van der Waals surface area contributed by atoms with Gasteiger partial charge in [-0.25, -0.2) is 0 Å². The number of nitrogens with one attached hydrogen (secondary N) is 2. The molecule has 0 aliphatic carbocycles. The zero-order valence-electron chi connectivity index (χ0n) is 24.8. The Bertz CT molecular complexity index is 1140. The first-order chi connectivity index (χ1) is 20.2. The highest BCUT2D eigenvalue weighted by Gasteiger charge is 2.50. The number of ether oxygens (including phenoxy) is 4. The molecule has 3 aliphatic rings. The lowest BCUT2D eigenvalue weighted by atomic mass is 9.89. The van der Waals surface area contributed by atoms with Gasteiger partial charge in [-0.05, 0) is 50.8 Å². The van der Waals surface area contributed by atoms with Crippen LogP contribution in [-0.2, 0) is 39.8 Å². The Morgan fingerprint density at radius 2 is 1.74 bits per heavy atom. The van der Waals surface area contributed by atoms with Gasteiger partial charge >= 0.3 is 0 Å². The van der Waals surface area contributed by atoms with E-state index in [2.05, 4.69) is 10.6 Å². The van der Waals surface area contributed by atoms with Crippen molar-refractivity contribution in [2.45, 2.75) is 57.2 Å². The van der Waals surface area contributed by atoms with Gasteiger partial charge in [0.05, 0.1) is 58.8 Å². The Kier molecular flexibility index (Phi) is 11.3. The molecule has 0 bridgehead atoms. The molecule has 2 fully saturated rings. The standard InChI is InChI=1S/C31H43N3O8/c1-21(32-28(36)19-34-10-14-41-15-11-34)27(35)18-24(16-22-4-6-25(39-3)7-5-22)30(38)33-26(29(37)31(2)20-42-31)17-23-8-12-40-13-9-23/h4-8,21,24,26H,9-20H2,1-3H3,(H,32,36)(H,33,38)/t21-,24+,26-,31+/m0/s1. The third-order valence-corrected chi connectivity index (χ3v) is 8.05. The summed E-state index contributed by atoms with van der Waals surface area (Å²) in [5.41, 5.74) is 0.980. The van der Waals surface area contributed by atoms with E-state index in [9.17, 15) is 19.2 Å². The molecule has 0 saturated carbocycles. The van der Waals surface area contributed by atoms with Gasteiger partial charge in [-0.1, -0.05) is 23.8 Å². The summed E-state index contributed by atoms with van der Waals surface area (Å²) >= 11 is 0. The quantitative estimate of drug-likeness (QED) is 0.230. The molecule has 0 unspecified atom stereocenters. The first kappa shape index (κ1) is 31.8. The van der Waals surface area contributed by atoms with Crippen molar-refractivity contribution in [1.82, 2.24) is 15.5 Å². The predicted molar refractivity (Wildman–Crippen MR) is 154 cm³/mol. The van der Waals surface area contributed by atoms with Gasteiger partial charge in [0.25, 0.3) is 0 Å². The van der Waals surface area contributed by atoms with E-state index in [0.29, 0.717) is 64.7 Å². The van der Waals surface area contributed by atoms with Crippen molar-refractivity contribution < 1.29 is 38.1 Å². The van der Waals surface area contributed by atoms with Gasteiger partial charge in [0, 0.05) is 25.4 Å². The molecular weight excluding hydrogens is 542 g/mol. The second kappa shape index (κ2) is 14.9. The Labute approximate surface area is 247 Å². The van der Waals surface area contributed by atoms with Crippen molar-refractivity contribution in [1.29, 1.82) is 0 Å². The lowest BCUT2D eigenvalue weighted by Gasteiger charge is -2.27. The number of amides is 2. The molecule has 2 amide bonds. The molecule has 4 atom stereocenters. The van der Waals surface area contributed by atoms with E-state index in [-0.39, 0.29) is 42.8 Å². The minimum atomic E-state index is -0.912. The number of ketones is 2. The van der Waals surface area contributed by atoms with Crippen LogP contribution in [-0.4, -0.2) is 106 Å². The molecule has 42 heavy (non-hydrogen) atoms. The summed E-state index contributed by atoms with van der Waals surface area (Å²) in [4.78, 5) is 55.1. The Morgan fingerprint density at radius 1 is 1.02 bits per heavy atom. The molecule has 2 saturated heterocycles. The Morgan fingerprint density at radius 3 is 2.36 bits per heavy atom. The van der Waals surface area contributed by atoms with Crippen LogP contribution >= 0.6 is 0 Å². The maximum atomic E-state index is 13.8. The molecule has 1 aromatic carbocycles. The fourth-order valence-electron chi connectivity index (χ4n) is 5.18. The van der Waals surface area contributed by atoms with E-state index in [0.717, 1.165) is 11.1 Å². The molecule has 11 nitrogen and oxygen atoms in total. The molecule has 3 heterocycles. The van der Waals surface area contributed by atoms with Crippen LogP contribution < -0.4 is 15.4 Å². The fourth-order valence-corrected chi connectivity index (χ4v) is 5.18. The summed E-state index contributed by atoms with van der Waals surface area (Å²) in [6.07, 6.45) is 3.19. The van der Waals surface area contributed by atoms with Crippen LogP contribution in [0.5, 0.6) is 5.75 Å². The third kappa shape index (κ3) is 9.19. The second-order valence-corrected chi connectivity index (χ2v) is 11.4. The van der Waals surface area contributed by atoms with Gasteiger partial charge < -0.3 is 29.6 Å². The molecule has 230 valence electrons. The highest BCUT2D eigenvalue weighted by Crippen LogP contribution is 2.30. The second-order valence-electron chi connectivity index (χ2n) is 11.4. The van der Waals surface area contributed by atoms with Crippen LogP contribution in [0.15, 0.2) is 35.9 Å². The summed E-state index contributed by atoms with van der Waals surface area (Å²) in [7, 11) is 1.58. The number of benzene rings is 1. The molecule has 2 N–H and O–H groups in total. The molecular formula is C31H43N3O8. The highest BCUT2D eigenvalue weighted by molar-refractivity contribution is 5.98. The van der Waals surface area contributed by atoms with E-state index in [1.807, 2.05) is 23.1 Å². The van der Waals surface area contributed by atoms with Crippen LogP contribution in [0.4, 0.5) is 0 Å². The number of Topliss-reactive ketones (excluding diaryl/α,β-unsaturated/α-hetero) is 2. The van der Waals surface area contributed by atoms with Crippen molar-refractivity contribution in [3.05, 3.63) is 41.5 Å². The smallest absolute Gasteiger partial charge is 0.234 e.